The van der Waals surface area contributed by atoms with Crippen molar-refractivity contribution in [3.05, 3.63) is 0 Å². The largest absolute Gasteiger partial charge is 0.481 e. The number of carboxylic acids is 1. The third-order valence-corrected chi connectivity index (χ3v) is 5.06. The van der Waals surface area contributed by atoms with Crippen molar-refractivity contribution in [1.82, 2.24) is 0 Å². The van der Waals surface area contributed by atoms with Gasteiger partial charge in [0.2, 0.25) is 0 Å². The maximum Gasteiger partial charge on any atom is 0.304 e. The molecule has 0 rings (SSSR count). The van der Waals surface area contributed by atoms with Crippen molar-refractivity contribution in [2.75, 3.05) is 17.3 Å². The molecule has 0 aliphatic carbocycles. The maximum atomic E-state index is 11.3. The van der Waals surface area contributed by atoms with Crippen LogP contribution < -0.4 is 0 Å². The maximum absolute atomic E-state index is 11.3. The minimum atomic E-state index is -2.92. The van der Waals surface area contributed by atoms with Gasteiger partial charge in [-0.25, -0.2) is 8.42 Å². The van der Waals surface area contributed by atoms with Crippen molar-refractivity contribution in [3.8, 4) is 0 Å². The SMILES string of the molecule is CCCS(=O)(=O)CCSC(C)CC(=O)O. The molecule has 0 aromatic carbocycles. The van der Waals surface area contributed by atoms with E-state index in [0.717, 1.165) is 0 Å². The van der Waals surface area contributed by atoms with Crippen molar-refractivity contribution in [2.24, 2.45) is 0 Å². The lowest BCUT2D eigenvalue weighted by Gasteiger charge is -2.08. The van der Waals surface area contributed by atoms with Crippen LogP contribution in [-0.2, 0) is 14.6 Å². The van der Waals surface area contributed by atoms with Crippen LogP contribution in [0.4, 0.5) is 0 Å². The molecule has 15 heavy (non-hydrogen) atoms. The molecule has 1 atom stereocenters. The Morgan fingerprint density at radius 1 is 1.40 bits per heavy atom. The van der Waals surface area contributed by atoms with E-state index in [9.17, 15) is 13.2 Å². The van der Waals surface area contributed by atoms with Gasteiger partial charge in [0.05, 0.1) is 12.2 Å². The van der Waals surface area contributed by atoms with E-state index >= 15 is 0 Å². The highest BCUT2D eigenvalue weighted by Crippen LogP contribution is 2.14. The van der Waals surface area contributed by atoms with Crippen LogP contribution in [0.15, 0.2) is 0 Å². The third kappa shape index (κ3) is 8.74. The molecule has 0 heterocycles. The van der Waals surface area contributed by atoms with Crippen LogP contribution in [0, 0.1) is 0 Å². The van der Waals surface area contributed by atoms with Gasteiger partial charge in [0, 0.05) is 16.8 Å². The van der Waals surface area contributed by atoms with E-state index in [2.05, 4.69) is 0 Å². The van der Waals surface area contributed by atoms with Crippen LogP contribution in [0.2, 0.25) is 0 Å². The van der Waals surface area contributed by atoms with Gasteiger partial charge in [-0.15, -0.1) is 0 Å². The second kappa shape index (κ2) is 7.11. The quantitative estimate of drug-likeness (QED) is 0.709. The van der Waals surface area contributed by atoms with Gasteiger partial charge in [-0.1, -0.05) is 13.8 Å². The van der Waals surface area contributed by atoms with Gasteiger partial charge in [0.1, 0.15) is 0 Å². The topological polar surface area (TPSA) is 71.4 Å². The first kappa shape index (κ1) is 14.8. The van der Waals surface area contributed by atoms with Crippen molar-refractivity contribution in [2.45, 2.75) is 31.9 Å². The molecular weight excluding hydrogens is 236 g/mol. The normalized spacial score (nSPS) is 13.7. The predicted molar refractivity (Wildman–Crippen MR) is 63.1 cm³/mol. The number of carbonyl (C=O) groups is 1. The van der Waals surface area contributed by atoms with Crippen molar-refractivity contribution >= 4 is 27.6 Å². The predicted octanol–water partition coefficient (Wildman–Crippen LogP) is 1.41. The fourth-order valence-electron chi connectivity index (χ4n) is 1.09. The number of hydrogen-bond donors (Lipinski definition) is 1. The second-order valence-corrected chi connectivity index (χ2v) is 7.28. The van der Waals surface area contributed by atoms with Gasteiger partial charge in [-0.2, -0.15) is 11.8 Å². The Morgan fingerprint density at radius 2 is 2.00 bits per heavy atom. The van der Waals surface area contributed by atoms with Gasteiger partial charge in [0.15, 0.2) is 9.84 Å². The van der Waals surface area contributed by atoms with Gasteiger partial charge >= 0.3 is 5.97 Å². The number of carboxylic acid groups (broad SMARTS) is 1. The lowest BCUT2D eigenvalue weighted by molar-refractivity contribution is -0.136. The molecule has 90 valence electrons. The zero-order valence-electron chi connectivity index (χ0n) is 9.10. The van der Waals surface area contributed by atoms with Gasteiger partial charge in [-0.3, -0.25) is 4.79 Å². The molecule has 6 heteroatoms. The Hall–Kier alpha value is -0.230. The van der Waals surface area contributed by atoms with Crippen LogP contribution in [-0.4, -0.2) is 42.0 Å². The monoisotopic (exact) mass is 254 g/mol. The molecule has 0 fully saturated rings. The Kier molecular flexibility index (Phi) is 7.00. The second-order valence-electron chi connectivity index (χ2n) is 3.43. The van der Waals surface area contributed by atoms with Crippen LogP contribution in [0.25, 0.3) is 0 Å². The van der Waals surface area contributed by atoms with Crippen molar-refractivity contribution in [3.63, 3.8) is 0 Å². The molecule has 0 aromatic rings. The fraction of sp³-hybridized carbons (Fsp3) is 0.889. The molecule has 1 unspecified atom stereocenters. The van der Waals surface area contributed by atoms with Crippen LogP contribution in [0.5, 0.6) is 0 Å². The number of rotatable bonds is 8. The third-order valence-electron chi connectivity index (χ3n) is 1.77. The summed E-state index contributed by atoms with van der Waals surface area (Å²) in [4.78, 5) is 10.3. The minimum Gasteiger partial charge on any atom is -0.481 e. The summed E-state index contributed by atoms with van der Waals surface area (Å²) in [6.07, 6.45) is 0.718. The van der Waals surface area contributed by atoms with E-state index in [1.807, 2.05) is 6.92 Å². The standard InChI is InChI=1S/C9H18O4S2/c1-3-5-15(12,13)6-4-14-8(2)7-9(10)11/h8H,3-7H2,1-2H3,(H,10,11). The molecule has 0 aliphatic heterocycles. The average Bonchev–Trinajstić information content (AvgIpc) is 2.01. The van der Waals surface area contributed by atoms with E-state index in [4.69, 9.17) is 5.11 Å². The molecule has 0 aliphatic rings. The Bertz CT molecular complexity index is 284. The Morgan fingerprint density at radius 3 is 2.47 bits per heavy atom. The fourth-order valence-corrected chi connectivity index (χ4v) is 3.98. The molecule has 0 saturated heterocycles. The van der Waals surface area contributed by atoms with E-state index in [-0.39, 0.29) is 23.2 Å². The molecular formula is C9H18O4S2. The smallest absolute Gasteiger partial charge is 0.304 e. The van der Waals surface area contributed by atoms with Gasteiger partial charge in [-0.05, 0) is 6.42 Å². The Balaban J connectivity index is 3.74. The summed E-state index contributed by atoms with van der Waals surface area (Å²) in [7, 11) is -2.92. The summed E-state index contributed by atoms with van der Waals surface area (Å²) in [5.41, 5.74) is 0. The average molecular weight is 254 g/mol. The lowest BCUT2D eigenvalue weighted by atomic mass is 10.3. The van der Waals surface area contributed by atoms with Gasteiger partial charge < -0.3 is 5.11 Å². The van der Waals surface area contributed by atoms with Crippen molar-refractivity contribution in [1.29, 1.82) is 0 Å². The first-order chi connectivity index (χ1) is 6.87. The number of aliphatic carboxylic acids is 1. The van der Waals surface area contributed by atoms with E-state index in [1.165, 1.54) is 11.8 Å². The highest BCUT2D eigenvalue weighted by atomic mass is 32.2. The summed E-state index contributed by atoms with van der Waals surface area (Å²) in [5.74, 6) is 0.0130. The van der Waals surface area contributed by atoms with Crippen molar-refractivity contribution < 1.29 is 18.3 Å². The molecule has 0 aromatic heterocycles. The summed E-state index contributed by atoms with van der Waals surface area (Å²) in [6.45, 7) is 3.63. The molecule has 0 bridgehead atoms. The highest BCUT2D eigenvalue weighted by Gasteiger charge is 2.12. The molecule has 0 amide bonds. The Labute approximate surface area is 95.4 Å². The zero-order valence-corrected chi connectivity index (χ0v) is 10.7. The summed E-state index contributed by atoms with van der Waals surface area (Å²) in [6, 6.07) is 0. The molecule has 0 spiro atoms. The van der Waals surface area contributed by atoms with E-state index in [0.29, 0.717) is 12.2 Å². The molecule has 0 saturated carbocycles. The van der Waals surface area contributed by atoms with Crippen LogP contribution >= 0.6 is 11.8 Å². The minimum absolute atomic E-state index is 0.0284. The zero-order chi connectivity index (χ0) is 11.9. The molecule has 4 nitrogen and oxygen atoms in total. The highest BCUT2D eigenvalue weighted by molar-refractivity contribution is 8.01. The summed E-state index contributed by atoms with van der Waals surface area (Å²) in [5, 5.41) is 8.47. The van der Waals surface area contributed by atoms with E-state index < -0.39 is 15.8 Å². The van der Waals surface area contributed by atoms with E-state index in [1.54, 1.807) is 6.92 Å². The first-order valence-electron chi connectivity index (χ1n) is 4.91. The summed E-state index contributed by atoms with van der Waals surface area (Å²) >= 11 is 1.40. The summed E-state index contributed by atoms with van der Waals surface area (Å²) < 4.78 is 22.6. The molecule has 0 radical (unpaired) electrons. The van der Waals surface area contributed by atoms with Crippen LogP contribution in [0.1, 0.15) is 26.7 Å². The first-order valence-corrected chi connectivity index (χ1v) is 7.78. The lowest BCUT2D eigenvalue weighted by Crippen LogP contribution is -2.14. The molecule has 1 N–H and O–H groups in total. The van der Waals surface area contributed by atoms with Gasteiger partial charge in [0.25, 0.3) is 0 Å². The van der Waals surface area contributed by atoms with Crippen LogP contribution in [0.3, 0.4) is 0 Å². The number of hydrogen-bond acceptors (Lipinski definition) is 4. The number of thioether (sulfide) groups is 1. The number of sulfone groups is 1.